The van der Waals surface area contributed by atoms with E-state index < -0.39 is 0 Å². The Bertz CT molecular complexity index is 731. The molecule has 2 aromatic rings. The van der Waals surface area contributed by atoms with Crippen molar-refractivity contribution in [1.82, 2.24) is 14.0 Å². The lowest BCUT2D eigenvalue weighted by Crippen LogP contribution is -2.52. The van der Waals surface area contributed by atoms with Gasteiger partial charge in [-0.3, -0.25) is 0 Å². The number of hydrogen-bond donors (Lipinski definition) is 0. The molecular weight excluding hydrogens is 276 g/mol. The Morgan fingerprint density at radius 3 is 2.68 bits per heavy atom. The molecule has 1 aliphatic rings. The number of hydrogen-bond acceptors (Lipinski definition) is 3. The Morgan fingerprint density at radius 2 is 2.05 bits per heavy atom. The molecule has 1 unspecified atom stereocenters. The van der Waals surface area contributed by atoms with Crippen LogP contribution in [-0.2, 0) is 0 Å². The molecule has 1 aliphatic heterocycles. The number of aromatic nitrogens is 2. The lowest BCUT2D eigenvalue weighted by molar-refractivity contribution is 0.230. The molecule has 22 heavy (non-hydrogen) atoms. The molecule has 0 bridgehead atoms. The van der Waals surface area contributed by atoms with Crippen molar-refractivity contribution in [3.63, 3.8) is 0 Å². The van der Waals surface area contributed by atoms with E-state index in [-0.39, 0.29) is 10.5 Å². The number of carbonyl (C=O) groups is 1. The highest BCUT2D eigenvalue weighted by atomic mass is 16.2. The normalized spacial score (nSPS) is 20.6. The van der Waals surface area contributed by atoms with Gasteiger partial charge in [0.1, 0.15) is 17.7 Å². The highest BCUT2D eigenvalue weighted by Crippen LogP contribution is 2.35. The number of rotatable bonds is 3. The van der Waals surface area contributed by atoms with Gasteiger partial charge in [0.05, 0.1) is 0 Å². The number of benzene rings is 1. The number of quaternary nitrogens is 1. The van der Waals surface area contributed by atoms with Crippen molar-refractivity contribution in [2.75, 3.05) is 0 Å². The molecule has 0 spiro atoms. The van der Waals surface area contributed by atoms with Crippen LogP contribution in [0.2, 0.25) is 0 Å². The van der Waals surface area contributed by atoms with Gasteiger partial charge in [-0.2, -0.15) is 0 Å². The van der Waals surface area contributed by atoms with Crippen molar-refractivity contribution in [2.45, 2.75) is 26.7 Å². The number of aliphatic imine (C=N–C) groups is 1. The average Bonchev–Trinajstić information content (AvgIpc) is 3.18. The highest BCUT2D eigenvalue weighted by molar-refractivity contribution is 6.06. The molecule has 112 valence electrons. The quantitative estimate of drug-likeness (QED) is 0.805. The molecule has 0 saturated heterocycles. The van der Waals surface area contributed by atoms with E-state index in [9.17, 15) is 4.79 Å². The van der Waals surface area contributed by atoms with E-state index in [0.717, 1.165) is 29.9 Å². The molecule has 3 rings (SSSR count). The van der Waals surface area contributed by atoms with Gasteiger partial charge in [0, 0.05) is 31.5 Å². The Labute approximate surface area is 129 Å². The van der Waals surface area contributed by atoms with Gasteiger partial charge in [-0.05, 0) is 6.42 Å². The summed E-state index contributed by atoms with van der Waals surface area (Å²) in [5.74, 6) is 0. The maximum atomic E-state index is 13.2. The van der Waals surface area contributed by atoms with Crippen LogP contribution >= 0.6 is 0 Å². The molecule has 0 fully saturated rings. The monoisotopic (exact) mass is 295 g/mol. The average molecular weight is 295 g/mol. The van der Waals surface area contributed by atoms with Crippen LogP contribution in [0.3, 0.4) is 0 Å². The van der Waals surface area contributed by atoms with Gasteiger partial charge >= 0.3 is 6.03 Å². The fourth-order valence-corrected chi connectivity index (χ4v) is 2.80. The molecule has 0 aliphatic carbocycles. The smallest absolute Gasteiger partial charge is 0.245 e. The summed E-state index contributed by atoms with van der Waals surface area (Å²) in [6, 6.07) is 9.64. The molecule has 0 N–H and O–H groups in total. The van der Waals surface area contributed by atoms with E-state index in [2.05, 4.69) is 16.9 Å². The van der Waals surface area contributed by atoms with Crippen LogP contribution in [0.4, 0.5) is 10.5 Å². The zero-order valence-corrected chi connectivity index (χ0v) is 12.8. The highest BCUT2D eigenvalue weighted by Gasteiger charge is 2.46. The third-order valence-electron chi connectivity index (χ3n) is 4.01. The van der Waals surface area contributed by atoms with Crippen LogP contribution in [0.1, 0.15) is 26.7 Å². The molecular formula is C17H19N4O+. The van der Waals surface area contributed by atoms with Crippen molar-refractivity contribution < 1.29 is 4.79 Å². The predicted octanol–water partition coefficient (Wildman–Crippen LogP) is 3.93. The summed E-state index contributed by atoms with van der Waals surface area (Å²) >= 11 is 0. The van der Waals surface area contributed by atoms with Crippen molar-refractivity contribution in [3.05, 3.63) is 60.4 Å². The van der Waals surface area contributed by atoms with Crippen LogP contribution in [0.5, 0.6) is 0 Å². The van der Waals surface area contributed by atoms with Gasteiger partial charge in [-0.25, -0.2) is 19.3 Å². The molecule has 0 radical (unpaired) electrons. The fraction of sp³-hybridized carbons (Fsp3) is 0.235. The molecule has 5 nitrogen and oxygen atoms in total. The maximum Gasteiger partial charge on any atom is 0.444 e. The molecule has 0 saturated carbocycles. The van der Waals surface area contributed by atoms with E-state index >= 15 is 0 Å². The minimum Gasteiger partial charge on any atom is -0.245 e. The third-order valence-corrected chi connectivity index (χ3v) is 4.01. The van der Waals surface area contributed by atoms with E-state index in [1.165, 1.54) is 10.9 Å². The van der Waals surface area contributed by atoms with E-state index in [1.54, 1.807) is 18.7 Å². The Kier molecular flexibility index (Phi) is 3.73. The SMILES string of the molecule is CCCC1=C(C)[N+](C(=O)n2ccnc2)(c2ccccc2)C=N1. The summed E-state index contributed by atoms with van der Waals surface area (Å²) in [4.78, 5) is 21.7. The van der Waals surface area contributed by atoms with Crippen LogP contribution in [-0.4, -0.2) is 21.9 Å². The Hall–Kier alpha value is -2.53. The van der Waals surface area contributed by atoms with Gasteiger partial charge in [-0.15, -0.1) is 4.48 Å². The standard InChI is InChI=1S/C17H19N4O/c1-3-7-16-14(2)21(13-19-16,15-8-5-4-6-9-15)17(22)20-11-10-18-12-20/h4-6,8-13H,3,7H2,1-2H3/q+1. The van der Waals surface area contributed by atoms with E-state index in [1.807, 2.05) is 37.3 Å². The molecule has 1 aromatic heterocycles. The molecule has 1 aromatic carbocycles. The summed E-state index contributed by atoms with van der Waals surface area (Å²) in [6.45, 7) is 4.10. The zero-order chi connectivity index (χ0) is 15.6. The second-order valence-corrected chi connectivity index (χ2v) is 5.34. The van der Waals surface area contributed by atoms with E-state index in [0.29, 0.717) is 0 Å². The number of amides is 1. The first-order chi connectivity index (χ1) is 10.7. The lowest BCUT2D eigenvalue weighted by Gasteiger charge is -2.27. The minimum absolute atomic E-state index is 0.00741. The minimum atomic E-state index is -0.101. The van der Waals surface area contributed by atoms with Gasteiger partial charge < -0.3 is 0 Å². The zero-order valence-electron chi connectivity index (χ0n) is 12.8. The third kappa shape index (κ3) is 2.10. The van der Waals surface area contributed by atoms with Gasteiger partial charge in [0.2, 0.25) is 6.34 Å². The molecule has 1 atom stereocenters. The van der Waals surface area contributed by atoms with Crippen molar-refractivity contribution >= 4 is 18.1 Å². The first-order valence-electron chi connectivity index (χ1n) is 7.43. The van der Waals surface area contributed by atoms with Crippen molar-refractivity contribution in [3.8, 4) is 0 Å². The number of imidazole rings is 1. The van der Waals surface area contributed by atoms with Crippen LogP contribution in [0.15, 0.2) is 65.4 Å². The topological polar surface area (TPSA) is 47.2 Å². The molecule has 1 amide bonds. The van der Waals surface area contributed by atoms with Crippen LogP contribution in [0, 0.1) is 0 Å². The van der Waals surface area contributed by atoms with Crippen LogP contribution in [0.25, 0.3) is 0 Å². The van der Waals surface area contributed by atoms with E-state index in [4.69, 9.17) is 0 Å². The number of allylic oxidation sites excluding steroid dienone is 2. The molecule has 5 heteroatoms. The summed E-state index contributed by atoms with van der Waals surface area (Å²) in [5, 5.41) is 0. The Morgan fingerprint density at radius 1 is 1.27 bits per heavy atom. The molecule has 2 heterocycles. The van der Waals surface area contributed by atoms with Crippen LogP contribution < -0.4 is 4.48 Å². The van der Waals surface area contributed by atoms with Gasteiger partial charge in [0.25, 0.3) is 0 Å². The summed E-state index contributed by atoms with van der Waals surface area (Å²) in [7, 11) is 0. The van der Waals surface area contributed by atoms with Crippen molar-refractivity contribution in [2.24, 2.45) is 4.99 Å². The largest absolute Gasteiger partial charge is 0.444 e. The summed E-state index contributed by atoms with van der Waals surface area (Å²) < 4.78 is 1.50. The van der Waals surface area contributed by atoms with Crippen molar-refractivity contribution in [1.29, 1.82) is 0 Å². The maximum absolute atomic E-state index is 13.2. The summed E-state index contributed by atoms with van der Waals surface area (Å²) in [5.41, 5.74) is 2.82. The summed E-state index contributed by atoms with van der Waals surface area (Å²) in [6.07, 6.45) is 8.41. The number of para-hydroxylation sites is 1. The first-order valence-corrected chi connectivity index (χ1v) is 7.43. The first kappa shape index (κ1) is 14.4. The predicted molar refractivity (Wildman–Crippen MR) is 87.4 cm³/mol. The number of carbonyl (C=O) groups excluding carboxylic acids is 1. The van der Waals surface area contributed by atoms with Gasteiger partial charge in [0.15, 0.2) is 5.69 Å². The fourth-order valence-electron chi connectivity index (χ4n) is 2.80. The lowest BCUT2D eigenvalue weighted by atomic mass is 10.2. The van der Waals surface area contributed by atoms with Gasteiger partial charge in [-0.1, -0.05) is 31.5 Å². The Balaban J connectivity index is 2.17. The second-order valence-electron chi connectivity index (χ2n) is 5.34. The second kappa shape index (κ2) is 5.69. The number of nitrogens with zero attached hydrogens (tertiary/aromatic N) is 4.